The zero-order valence-electron chi connectivity index (χ0n) is 12.7. The molecule has 0 radical (unpaired) electrons. The molecule has 2 aromatic rings. The molecule has 0 aliphatic carbocycles. The van der Waals surface area contributed by atoms with Gasteiger partial charge in [0.2, 0.25) is 0 Å². The van der Waals surface area contributed by atoms with Crippen LogP contribution in [0, 0.1) is 32.8 Å². The van der Waals surface area contributed by atoms with Crippen LogP contribution in [0.4, 0.5) is 11.4 Å². The highest BCUT2D eigenvalue weighted by molar-refractivity contribution is 6.43. The van der Waals surface area contributed by atoms with E-state index in [4.69, 9.17) is 50.1 Å². The van der Waals surface area contributed by atoms with E-state index < -0.39 is 4.92 Å². The number of nitro benzene ring substituents is 1. The number of rotatable bonds is 5. The van der Waals surface area contributed by atoms with Crippen LogP contribution in [0.3, 0.4) is 0 Å². The minimum absolute atomic E-state index is 0.0319. The van der Waals surface area contributed by atoms with Gasteiger partial charge in [-0.05, 0) is 12.1 Å². The fraction of sp³-hybridized carbons (Fsp3) is 0. The third-order valence-corrected chi connectivity index (χ3v) is 4.09. The number of nitro groups is 1. The van der Waals surface area contributed by atoms with E-state index in [1.54, 1.807) is 30.3 Å². The van der Waals surface area contributed by atoms with Gasteiger partial charge in [-0.1, -0.05) is 40.9 Å². The first-order valence-electron chi connectivity index (χ1n) is 6.74. The Morgan fingerprint density at radius 1 is 1.15 bits per heavy atom. The number of halogens is 3. The molecule has 26 heavy (non-hydrogen) atoms. The summed E-state index contributed by atoms with van der Waals surface area (Å²) in [6, 6.07) is 10.3. The zero-order valence-corrected chi connectivity index (χ0v) is 14.9. The molecule has 0 spiro atoms. The van der Waals surface area contributed by atoms with E-state index >= 15 is 0 Å². The standard InChI is InChI=1S/C16H7Cl3N4O3/c17-10-2-1-3-14(16(10)19)26-15-5-12(22-8-9(6-20)7-21)13(23(24)25)4-11(15)18/h1-5,8,22H. The minimum atomic E-state index is -0.670. The predicted molar refractivity (Wildman–Crippen MR) is 97.6 cm³/mol. The highest BCUT2D eigenvalue weighted by Crippen LogP contribution is 2.41. The topological polar surface area (TPSA) is 112 Å². The van der Waals surface area contributed by atoms with E-state index in [2.05, 4.69) is 5.32 Å². The lowest BCUT2D eigenvalue weighted by Gasteiger charge is -2.12. The molecule has 0 heterocycles. The van der Waals surface area contributed by atoms with Crippen molar-refractivity contribution in [1.82, 2.24) is 0 Å². The van der Waals surface area contributed by atoms with Crippen LogP contribution in [0.15, 0.2) is 42.1 Å². The second kappa shape index (κ2) is 8.41. The van der Waals surface area contributed by atoms with Gasteiger partial charge < -0.3 is 10.1 Å². The predicted octanol–water partition coefficient (Wildman–Crippen LogP) is 5.69. The number of allylic oxidation sites excluding steroid dienone is 1. The van der Waals surface area contributed by atoms with E-state index in [9.17, 15) is 10.1 Å². The van der Waals surface area contributed by atoms with E-state index in [0.717, 1.165) is 12.3 Å². The number of ether oxygens (including phenoxy) is 1. The Balaban J connectivity index is 2.48. The van der Waals surface area contributed by atoms with Crippen molar-refractivity contribution in [3.05, 3.63) is 67.3 Å². The molecule has 130 valence electrons. The Hall–Kier alpha value is -2.97. The third kappa shape index (κ3) is 4.35. The van der Waals surface area contributed by atoms with Gasteiger partial charge >= 0.3 is 0 Å². The van der Waals surface area contributed by atoms with Gasteiger partial charge in [0.25, 0.3) is 5.69 Å². The molecule has 2 aromatic carbocycles. The van der Waals surface area contributed by atoms with Gasteiger partial charge in [-0.15, -0.1) is 0 Å². The van der Waals surface area contributed by atoms with Crippen molar-refractivity contribution >= 4 is 46.2 Å². The highest BCUT2D eigenvalue weighted by Gasteiger charge is 2.19. The van der Waals surface area contributed by atoms with Crippen LogP contribution in [0.25, 0.3) is 0 Å². The summed E-state index contributed by atoms with van der Waals surface area (Å²) in [6.45, 7) is 0. The summed E-state index contributed by atoms with van der Waals surface area (Å²) < 4.78 is 5.59. The summed E-state index contributed by atoms with van der Waals surface area (Å²) in [5, 5.41) is 31.6. The van der Waals surface area contributed by atoms with Crippen molar-refractivity contribution in [2.24, 2.45) is 0 Å². The van der Waals surface area contributed by atoms with Crippen molar-refractivity contribution in [3.63, 3.8) is 0 Å². The Labute approximate surface area is 162 Å². The van der Waals surface area contributed by atoms with Crippen molar-refractivity contribution in [2.45, 2.75) is 0 Å². The van der Waals surface area contributed by atoms with E-state index in [1.165, 1.54) is 6.07 Å². The van der Waals surface area contributed by atoms with Crippen molar-refractivity contribution in [1.29, 1.82) is 10.5 Å². The molecule has 0 unspecified atom stereocenters. The van der Waals surface area contributed by atoms with Crippen LogP contribution in [0.2, 0.25) is 15.1 Å². The Bertz CT molecular complexity index is 977. The fourth-order valence-corrected chi connectivity index (χ4v) is 2.34. The van der Waals surface area contributed by atoms with Gasteiger partial charge in [-0.3, -0.25) is 10.1 Å². The van der Waals surface area contributed by atoms with Crippen LogP contribution in [-0.2, 0) is 0 Å². The molecule has 0 atom stereocenters. The van der Waals surface area contributed by atoms with Gasteiger partial charge in [0.15, 0.2) is 0 Å². The molecular weight excluding hydrogens is 403 g/mol. The molecular formula is C16H7Cl3N4O3. The maximum absolute atomic E-state index is 11.2. The molecule has 0 fully saturated rings. The number of nitrogens with zero attached hydrogens (tertiary/aromatic N) is 3. The quantitative estimate of drug-likeness (QED) is 0.385. The average Bonchev–Trinajstić information content (AvgIpc) is 2.61. The molecule has 0 aliphatic heterocycles. The first-order valence-corrected chi connectivity index (χ1v) is 7.87. The molecule has 1 N–H and O–H groups in total. The van der Waals surface area contributed by atoms with Crippen molar-refractivity contribution < 1.29 is 9.66 Å². The fourth-order valence-electron chi connectivity index (χ4n) is 1.81. The van der Waals surface area contributed by atoms with E-state index in [-0.39, 0.29) is 43.5 Å². The Morgan fingerprint density at radius 2 is 1.85 bits per heavy atom. The molecule has 2 rings (SSSR count). The monoisotopic (exact) mass is 408 g/mol. The van der Waals surface area contributed by atoms with Crippen LogP contribution in [0.5, 0.6) is 11.5 Å². The minimum Gasteiger partial charge on any atom is -0.454 e. The summed E-state index contributed by atoms with van der Waals surface area (Å²) in [4.78, 5) is 10.5. The number of nitriles is 2. The maximum Gasteiger partial charge on any atom is 0.294 e. The smallest absolute Gasteiger partial charge is 0.294 e. The van der Waals surface area contributed by atoms with Gasteiger partial charge in [-0.25, -0.2) is 0 Å². The molecule has 0 amide bonds. The summed E-state index contributed by atoms with van der Waals surface area (Å²) in [7, 11) is 0. The largest absolute Gasteiger partial charge is 0.454 e. The lowest BCUT2D eigenvalue weighted by Crippen LogP contribution is -1.98. The first-order chi connectivity index (χ1) is 12.4. The second-order valence-corrected chi connectivity index (χ2v) is 5.83. The van der Waals surface area contributed by atoms with E-state index in [1.807, 2.05) is 0 Å². The van der Waals surface area contributed by atoms with Crippen molar-refractivity contribution in [2.75, 3.05) is 5.32 Å². The Kier molecular flexibility index (Phi) is 6.26. The lowest BCUT2D eigenvalue weighted by atomic mass is 10.2. The lowest BCUT2D eigenvalue weighted by molar-refractivity contribution is -0.383. The van der Waals surface area contributed by atoms with Gasteiger partial charge in [0.05, 0.1) is 15.0 Å². The second-order valence-electron chi connectivity index (χ2n) is 4.64. The molecule has 7 nitrogen and oxygen atoms in total. The van der Waals surface area contributed by atoms with E-state index in [0.29, 0.717) is 0 Å². The number of hydrogen-bond donors (Lipinski definition) is 1. The molecule has 10 heteroatoms. The SMILES string of the molecule is N#CC(C#N)=CNc1cc(Oc2cccc(Cl)c2Cl)c(Cl)cc1[N+](=O)[O-]. The molecule has 0 saturated carbocycles. The number of benzene rings is 2. The summed E-state index contributed by atoms with van der Waals surface area (Å²) in [5.41, 5.74) is -0.670. The summed E-state index contributed by atoms with van der Waals surface area (Å²) >= 11 is 18.0. The molecule has 0 bridgehead atoms. The van der Waals surface area contributed by atoms with Gasteiger partial charge in [-0.2, -0.15) is 10.5 Å². The third-order valence-electron chi connectivity index (χ3n) is 3.00. The van der Waals surface area contributed by atoms with Gasteiger partial charge in [0.1, 0.15) is 39.9 Å². The zero-order chi connectivity index (χ0) is 19.3. The highest BCUT2D eigenvalue weighted by atomic mass is 35.5. The number of hydrogen-bond acceptors (Lipinski definition) is 6. The molecule has 0 aromatic heterocycles. The van der Waals surface area contributed by atoms with Crippen LogP contribution < -0.4 is 10.1 Å². The first kappa shape index (κ1) is 19.4. The summed E-state index contributed by atoms with van der Waals surface area (Å²) in [6.07, 6.45) is 1.03. The number of nitrogens with one attached hydrogen (secondary N) is 1. The molecule has 0 saturated heterocycles. The Morgan fingerprint density at radius 3 is 2.46 bits per heavy atom. The molecule has 0 aliphatic rings. The average molecular weight is 410 g/mol. The van der Waals surface area contributed by atoms with Crippen LogP contribution in [0.1, 0.15) is 0 Å². The van der Waals surface area contributed by atoms with Crippen LogP contribution >= 0.6 is 34.8 Å². The van der Waals surface area contributed by atoms with Crippen LogP contribution in [-0.4, -0.2) is 4.92 Å². The normalized spacial score (nSPS) is 9.58. The summed E-state index contributed by atoms with van der Waals surface area (Å²) in [5.74, 6) is 0.263. The van der Waals surface area contributed by atoms with Crippen molar-refractivity contribution in [3.8, 4) is 23.6 Å². The maximum atomic E-state index is 11.2. The number of anilines is 1. The van der Waals surface area contributed by atoms with Gasteiger partial charge in [0, 0.05) is 18.3 Å².